The maximum absolute atomic E-state index is 9.99. The van der Waals surface area contributed by atoms with E-state index in [0.29, 0.717) is 24.3 Å². The summed E-state index contributed by atoms with van der Waals surface area (Å²) in [6.07, 6.45) is 6.01. The summed E-state index contributed by atoms with van der Waals surface area (Å²) in [6.45, 7) is 0. The zero-order chi connectivity index (χ0) is 17.3. The van der Waals surface area contributed by atoms with E-state index in [9.17, 15) is 9.59 Å². The molecule has 0 radical (unpaired) electrons. The number of halogens is 2. The molecule has 0 aliphatic carbocycles. The molecule has 142 valence electrons. The number of aldehydes is 2. The molecule has 8 heteroatoms. The Bertz CT molecular complexity index is 592. The van der Waals surface area contributed by atoms with E-state index in [1.807, 2.05) is 12.1 Å². The Kier molecular flexibility index (Phi) is 20.2. The fourth-order valence-electron chi connectivity index (χ4n) is 1.09. The van der Waals surface area contributed by atoms with E-state index < -0.39 is 0 Å². The number of rotatable bonds is 3. The van der Waals surface area contributed by atoms with Crippen molar-refractivity contribution in [1.82, 2.24) is 0 Å². The van der Waals surface area contributed by atoms with Crippen LogP contribution < -0.4 is 4.74 Å². The fourth-order valence-corrected chi connectivity index (χ4v) is 1.09. The van der Waals surface area contributed by atoms with Gasteiger partial charge >= 0.3 is 0 Å². The highest BCUT2D eigenvalue weighted by molar-refractivity contribution is 5.70. The van der Waals surface area contributed by atoms with Crippen molar-refractivity contribution >= 4 is 12.6 Å². The first-order chi connectivity index (χ1) is 11.3. The molecule has 6 nitrogen and oxygen atoms in total. The van der Waals surface area contributed by atoms with Gasteiger partial charge in [0.1, 0.15) is 0 Å². The van der Waals surface area contributed by atoms with Crippen molar-refractivity contribution in [2.75, 3.05) is 7.11 Å². The van der Waals surface area contributed by atoms with Crippen molar-refractivity contribution in [3.8, 4) is 5.95 Å². The van der Waals surface area contributed by atoms with Gasteiger partial charge in [0.05, 0.1) is 25.9 Å². The van der Waals surface area contributed by atoms with Crippen LogP contribution >= 0.6 is 0 Å². The van der Waals surface area contributed by atoms with Gasteiger partial charge in [0, 0.05) is 6.07 Å². The highest BCUT2D eigenvalue weighted by Crippen LogP contribution is 2.12. The molecule has 0 spiro atoms. The number of carbonyl (C=O) groups is 2. The molecule has 0 amide bonds. The van der Waals surface area contributed by atoms with Crippen molar-refractivity contribution < 1.29 is 37.0 Å². The van der Waals surface area contributed by atoms with Crippen LogP contribution in [0.3, 0.4) is 0 Å². The molecule has 0 saturated carbocycles. The van der Waals surface area contributed by atoms with E-state index in [-0.39, 0.29) is 25.3 Å². The van der Waals surface area contributed by atoms with Gasteiger partial charge in [0.25, 0.3) is 7.40 Å². The van der Waals surface area contributed by atoms with E-state index in [0.717, 1.165) is 0 Å². The van der Waals surface area contributed by atoms with Gasteiger partial charge in [0.2, 0.25) is 0 Å². The lowest BCUT2D eigenvalue weighted by molar-refractivity contribution is 0.109. The second-order valence-corrected chi connectivity index (χ2v) is 3.41. The molecule has 0 aromatic carbocycles. The van der Waals surface area contributed by atoms with E-state index in [1.165, 1.54) is 13.4 Å². The summed E-state index contributed by atoms with van der Waals surface area (Å²) < 4.78 is 31.7. The van der Waals surface area contributed by atoms with Gasteiger partial charge in [-0.2, -0.15) is 0 Å². The van der Waals surface area contributed by atoms with Gasteiger partial charge in [-0.05, 0) is 30.3 Å². The number of methoxy groups -OCH3 is 1. The van der Waals surface area contributed by atoms with Gasteiger partial charge in [-0.1, -0.05) is 14.9 Å². The van der Waals surface area contributed by atoms with Gasteiger partial charge < -0.3 is 18.0 Å². The summed E-state index contributed by atoms with van der Waals surface area (Å²) in [5.74, 6) is 1.02. The third-order valence-corrected chi connectivity index (χ3v) is 2.00. The summed E-state index contributed by atoms with van der Waals surface area (Å²) in [7, 11) is 1.48. The average molecular weight is 363 g/mol. The predicted molar refractivity (Wildman–Crippen MR) is 91.9 cm³/mol. The summed E-state index contributed by atoms with van der Waals surface area (Å²) in [5, 5.41) is 0. The van der Waals surface area contributed by atoms with Crippen LogP contribution in [-0.4, -0.2) is 21.1 Å². The van der Waals surface area contributed by atoms with E-state index in [1.54, 1.807) is 36.8 Å². The molecule has 0 aliphatic heterocycles. The molecule has 0 unspecified atom stereocenters. The Hall–Kier alpha value is -3.16. The minimum absolute atomic E-state index is 0. The van der Waals surface area contributed by atoms with Gasteiger partial charge in [0.15, 0.2) is 24.1 Å². The normalized spacial score (nSPS) is 7.52. The zero-order valence-corrected chi connectivity index (χ0v) is 12.1. The number of ether oxygens (including phenoxy) is 1. The predicted octanol–water partition coefficient (Wildman–Crippen LogP) is 5.05. The highest BCUT2D eigenvalue weighted by Gasteiger charge is 1.96. The topological polar surface area (TPSA) is 82.8 Å². The first kappa shape index (κ1) is 26.7. The summed E-state index contributed by atoms with van der Waals surface area (Å²) in [6, 6.07) is 10.1. The lowest BCUT2D eigenvalue weighted by Gasteiger charge is -1.87. The average Bonchev–Trinajstić information content (AvgIpc) is 3.41. The first-order valence-corrected chi connectivity index (χ1v) is 5.85. The van der Waals surface area contributed by atoms with Crippen molar-refractivity contribution in [1.29, 1.82) is 1.45 Å². The van der Waals surface area contributed by atoms with Crippen molar-refractivity contribution in [2.24, 2.45) is 0 Å². The molecule has 0 fully saturated rings. The molecular weight excluding hydrogens is 338 g/mol. The lowest BCUT2D eigenvalue weighted by Crippen LogP contribution is -1.76. The number of hydrogen-bond donors (Lipinski definition) is 0. The molecule has 3 aromatic rings. The smallest absolute Gasteiger partial charge is 0.284 e. The van der Waals surface area contributed by atoms with Gasteiger partial charge in [-0.15, -0.1) is 0 Å². The highest BCUT2D eigenvalue weighted by atomic mass is 19.0. The molecule has 0 atom stereocenters. The quantitative estimate of drug-likeness (QED) is 0.606. The number of furan rings is 3. The Labute approximate surface area is 146 Å². The standard InChI is InChI=1S/C6H6O3.C5H4O2.C4H4O.2CH4.2FH/c1-8-6-3-2-5(4-7)9-6;6-4-5-2-1-3-7-5;1-2-4-5-3-1;;;;/h2-4H,1H3;1-4H;1-4H;2*1H4;2*1H/i/hD. The third-order valence-electron chi connectivity index (χ3n) is 2.00. The van der Waals surface area contributed by atoms with Gasteiger partial charge in [-0.3, -0.25) is 19.0 Å². The second kappa shape index (κ2) is 18.9. The molecule has 0 bridgehead atoms. The molecule has 0 N–H and O–H groups in total. The summed E-state index contributed by atoms with van der Waals surface area (Å²) >= 11 is 0. The Balaban J connectivity index is -0.000000130. The van der Waals surface area contributed by atoms with Crippen LogP contribution in [0.5, 0.6) is 5.95 Å². The van der Waals surface area contributed by atoms with Crippen LogP contribution in [0.2, 0.25) is 0 Å². The minimum Gasteiger partial charge on any atom is -0.473 e. The summed E-state index contributed by atoms with van der Waals surface area (Å²) in [5.41, 5.74) is 0. The monoisotopic (exact) mass is 363 g/mol. The Morgan fingerprint density at radius 2 is 1.52 bits per heavy atom. The maximum Gasteiger partial charge on any atom is 0.284 e. The molecule has 0 saturated heterocycles. The van der Waals surface area contributed by atoms with Crippen molar-refractivity contribution in [3.63, 3.8) is 0 Å². The largest absolute Gasteiger partial charge is 0.473 e. The van der Waals surface area contributed by atoms with Crippen LogP contribution in [0.15, 0.2) is 68.4 Å². The Morgan fingerprint density at radius 3 is 1.76 bits per heavy atom. The molecular formula is C17H24F2O6. The van der Waals surface area contributed by atoms with E-state index in [4.69, 9.17) is 9.13 Å². The number of hydrogen-bond acceptors (Lipinski definition) is 6. The van der Waals surface area contributed by atoms with Crippen LogP contribution in [0.4, 0.5) is 9.42 Å². The molecule has 0 aliphatic rings. The van der Waals surface area contributed by atoms with Crippen LogP contribution in [0.1, 0.15) is 36.0 Å². The SMILES string of the molecule is C.C.COc1ccc(C=O)o1.F.O=Cc1ccco1.[2H]F.c1ccoc1. The van der Waals surface area contributed by atoms with Crippen molar-refractivity contribution in [3.05, 3.63) is 66.7 Å². The molecule has 3 heterocycles. The first-order valence-electron chi connectivity index (χ1n) is 6.22. The van der Waals surface area contributed by atoms with Gasteiger partial charge in [-0.25, -0.2) is 0 Å². The number of carbonyl (C=O) groups excluding carboxylic acids is 2. The van der Waals surface area contributed by atoms with Crippen molar-refractivity contribution in [2.45, 2.75) is 14.9 Å². The fraction of sp³-hybridized carbons (Fsp3) is 0.176. The third kappa shape index (κ3) is 13.0. The summed E-state index contributed by atoms with van der Waals surface area (Å²) in [4.78, 5) is 19.8. The Morgan fingerprint density at radius 1 is 0.920 bits per heavy atom. The zero-order valence-electron chi connectivity index (χ0n) is 13.1. The molecule has 3 aromatic heterocycles. The van der Waals surface area contributed by atoms with E-state index in [2.05, 4.69) is 15.0 Å². The molecule has 3 rings (SSSR count). The minimum atomic E-state index is 0. The van der Waals surface area contributed by atoms with Crippen LogP contribution in [-0.2, 0) is 0 Å². The maximum atomic E-state index is 9.99. The lowest BCUT2D eigenvalue weighted by atomic mass is 10.5. The van der Waals surface area contributed by atoms with Crippen LogP contribution in [0, 0.1) is 0 Å². The van der Waals surface area contributed by atoms with E-state index >= 15 is 0 Å². The van der Waals surface area contributed by atoms with Crippen LogP contribution in [0.25, 0.3) is 0 Å². The second-order valence-electron chi connectivity index (χ2n) is 3.41. The molecule has 25 heavy (non-hydrogen) atoms.